The number of fused-ring (bicyclic) bond motifs is 2. The summed E-state index contributed by atoms with van der Waals surface area (Å²) < 4.78 is 5.78. The van der Waals surface area contributed by atoms with Crippen LogP contribution in [0.3, 0.4) is 0 Å². The molecule has 1 saturated heterocycles. The molecule has 0 radical (unpaired) electrons. The Hall–Kier alpha value is -2.86. The molecule has 1 aromatic heterocycles. The molecule has 0 amide bonds. The Morgan fingerprint density at radius 1 is 1.00 bits per heavy atom. The highest BCUT2D eigenvalue weighted by atomic mass is 16.5. The number of ketones is 1. The number of hydrogen-bond donors (Lipinski definition) is 1. The topological polar surface area (TPSA) is 75.6 Å². The molecule has 2 N–H and O–H groups in total. The lowest BCUT2D eigenvalue weighted by Crippen LogP contribution is -2.51. The lowest BCUT2D eigenvalue weighted by molar-refractivity contribution is 0.104. The van der Waals surface area contributed by atoms with Crippen LogP contribution >= 0.6 is 0 Å². The zero-order valence-electron chi connectivity index (χ0n) is 17.1. The quantitative estimate of drug-likeness (QED) is 0.509. The van der Waals surface area contributed by atoms with E-state index in [1.165, 1.54) is 32.1 Å². The van der Waals surface area contributed by atoms with Gasteiger partial charge < -0.3 is 15.2 Å². The molecule has 2 aromatic carbocycles. The largest absolute Gasteiger partial charge is 0.398 e. The minimum atomic E-state index is -0.0440. The Labute approximate surface area is 175 Å². The van der Waals surface area contributed by atoms with Crippen LogP contribution in [-0.2, 0) is 0 Å². The van der Waals surface area contributed by atoms with Gasteiger partial charge in [-0.1, -0.05) is 48.7 Å². The van der Waals surface area contributed by atoms with Crippen LogP contribution in [0.4, 0.5) is 11.4 Å². The van der Waals surface area contributed by atoms with Crippen LogP contribution in [0.25, 0.3) is 22.2 Å². The van der Waals surface area contributed by atoms with Gasteiger partial charge in [-0.15, -0.1) is 0 Å². The Kier molecular flexibility index (Phi) is 4.09. The van der Waals surface area contributed by atoms with Gasteiger partial charge in [0.05, 0.1) is 16.6 Å². The Morgan fingerprint density at radius 2 is 1.73 bits per heavy atom. The smallest absolute Gasteiger partial charge is 0.196 e. The SMILES string of the molecule is Nc1cc(N2CCN(C3CCCCC3)CC2)c2noc3c2c1C(=O)c1ccccc1-3. The second kappa shape index (κ2) is 6.84. The zero-order valence-corrected chi connectivity index (χ0v) is 17.1. The van der Waals surface area contributed by atoms with Gasteiger partial charge >= 0.3 is 0 Å². The number of nitrogens with two attached hydrogens (primary N) is 1. The molecule has 3 aromatic rings. The summed E-state index contributed by atoms with van der Waals surface area (Å²) in [5, 5.41) is 5.18. The minimum Gasteiger partial charge on any atom is -0.398 e. The lowest BCUT2D eigenvalue weighted by atomic mass is 9.86. The molecule has 6 rings (SSSR count). The number of carbonyl (C=O) groups is 1. The monoisotopic (exact) mass is 402 g/mol. The molecule has 2 fully saturated rings. The molecule has 6 heteroatoms. The van der Waals surface area contributed by atoms with Gasteiger partial charge in [-0.2, -0.15) is 0 Å². The van der Waals surface area contributed by atoms with E-state index < -0.39 is 0 Å². The van der Waals surface area contributed by atoms with Crippen molar-refractivity contribution in [3.05, 3.63) is 41.5 Å². The van der Waals surface area contributed by atoms with E-state index in [0.717, 1.165) is 54.4 Å². The molecule has 2 heterocycles. The normalized spacial score (nSPS) is 20.0. The van der Waals surface area contributed by atoms with Crippen molar-refractivity contribution in [3.63, 3.8) is 0 Å². The van der Waals surface area contributed by atoms with E-state index in [-0.39, 0.29) is 5.78 Å². The summed E-state index contributed by atoms with van der Waals surface area (Å²) in [5.74, 6) is 0.613. The third-order valence-corrected chi connectivity index (χ3v) is 7.16. The Bertz CT molecular complexity index is 1140. The van der Waals surface area contributed by atoms with E-state index in [4.69, 9.17) is 10.3 Å². The highest BCUT2D eigenvalue weighted by molar-refractivity contribution is 6.28. The van der Waals surface area contributed by atoms with Gasteiger partial charge in [-0.05, 0) is 18.9 Å². The fraction of sp³-hybridized carbons (Fsp3) is 0.417. The Balaban J connectivity index is 1.37. The van der Waals surface area contributed by atoms with E-state index >= 15 is 0 Å². The average molecular weight is 402 g/mol. The predicted octanol–water partition coefficient (Wildman–Crippen LogP) is 4.08. The summed E-state index contributed by atoms with van der Waals surface area (Å²) >= 11 is 0. The van der Waals surface area contributed by atoms with Gasteiger partial charge in [-0.3, -0.25) is 9.69 Å². The van der Waals surface area contributed by atoms with Gasteiger partial charge in [-0.25, -0.2) is 0 Å². The van der Waals surface area contributed by atoms with Crippen molar-refractivity contribution in [3.8, 4) is 11.3 Å². The van der Waals surface area contributed by atoms with Crippen LogP contribution in [0.15, 0.2) is 34.9 Å². The van der Waals surface area contributed by atoms with E-state index in [2.05, 4.69) is 15.0 Å². The average Bonchev–Trinajstić information content (AvgIpc) is 3.24. The van der Waals surface area contributed by atoms with Crippen LogP contribution in [0.1, 0.15) is 48.0 Å². The van der Waals surface area contributed by atoms with E-state index in [1.54, 1.807) is 0 Å². The molecule has 3 aliphatic rings. The van der Waals surface area contributed by atoms with Crippen molar-refractivity contribution in [2.24, 2.45) is 0 Å². The van der Waals surface area contributed by atoms with Crippen LogP contribution in [0.2, 0.25) is 0 Å². The molecular formula is C24H26N4O2. The number of carbonyl (C=O) groups excluding carboxylic acids is 1. The van der Waals surface area contributed by atoms with Crippen molar-refractivity contribution in [2.75, 3.05) is 36.8 Å². The van der Waals surface area contributed by atoms with E-state index in [0.29, 0.717) is 22.6 Å². The molecule has 30 heavy (non-hydrogen) atoms. The highest BCUT2D eigenvalue weighted by Gasteiger charge is 2.34. The summed E-state index contributed by atoms with van der Waals surface area (Å²) in [6.45, 7) is 3.99. The maximum atomic E-state index is 13.1. The molecule has 0 spiro atoms. The number of nitrogens with zero attached hydrogens (tertiary/aromatic N) is 3. The van der Waals surface area contributed by atoms with Crippen molar-refractivity contribution in [1.29, 1.82) is 0 Å². The van der Waals surface area contributed by atoms with Crippen molar-refractivity contribution < 1.29 is 9.32 Å². The van der Waals surface area contributed by atoms with E-state index in [9.17, 15) is 4.79 Å². The van der Waals surface area contributed by atoms with Crippen molar-refractivity contribution >= 4 is 28.1 Å². The summed E-state index contributed by atoms with van der Waals surface area (Å²) in [5.41, 5.74) is 10.6. The maximum absolute atomic E-state index is 13.1. The van der Waals surface area contributed by atoms with Crippen molar-refractivity contribution in [1.82, 2.24) is 10.1 Å². The zero-order chi connectivity index (χ0) is 20.2. The summed E-state index contributed by atoms with van der Waals surface area (Å²) in [6, 6.07) is 10.2. The number of nitrogen functional groups attached to an aromatic ring is 1. The number of piperazine rings is 1. The van der Waals surface area contributed by atoms with Gasteiger partial charge in [0.1, 0.15) is 5.52 Å². The standard InChI is InChI=1S/C24H26N4O2/c25-18-14-19(28-12-10-27(11-13-28)15-6-2-1-3-7-15)22-21-20(18)23(29)16-8-4-5-9-17(16)24(21)30-26-22/h4-5,8-9,14-15H,1-3,6-7,10-13,25H2. The Morgan fingerprint density at radius 3 is 2.50 bits per heavy atom. The number of anilines is 2. The molecular weight excluding hydrogens is 376 g/mol. The molecule has 1 saturated carbocycles. The van der Waals surface area contributed by atoms with Crippen LogP contribution < -0.4 is 10.6 Å². The number of rotatable bonds is 2. The fourth-order valence-electron chi connectivity index (χ4n) is 5.59. The first-order valence-electron chi connectivity index (χ1n) is 11.1. The summed E-state index contributed by atoms with van der Waals surface area (Å²) in [4.78, 5) is 18.2. The first-order valence-corrected chi connectivity index (χ1v) is 11.1. The third kappa shape index (κ3) is 2.59. The second-order valence-electron chi connectivity index (χ2n) is 8.78. The molecule has 154 valence electrons. The summed E-state index contributed by atoms with van der Waals surface area (Å²) in [7, 11) is 0. The van der Waals surface area contributed by atoms with Gasteiger partial charge in [0, 0.05) is 49.0 Å². The minimum absolute atomic E-state index is 0.0440. The number of benzene rings is 2. The summed E-state index contributed by atoms with van der Waals surface area (Å²) in [6.07, 6.45) is 6.78. The van der Waals surface area contributed by atoms with Crippen LogP contribution in [0, 0.1) is 0 Å². The molecule has 6 nitrogen and oxygen atoms in total. The lowest BCUT2D eigenvalue weighted by Gasteiger charge is -2.41. The third-order valence-electron chi connectivity index (χ3n) is 7.16. The second-order valence-corrected chi connectivity index (χ2v) is 8.78. The fourth-order valence-corrected chi connectivity index (χ4v) is 5.59. The van der Waals surface area contributed by atoms with Crippen LogP contribution in [0.5, 0.6) is 0 Å². The van der Waals surface area contributed by atoms with Gasteiger partial charge in [0.25, 0.3) is 0 Å². The highest BCUT2D eigenvalue weighted by Crippen LogP contribution is 2.45. The molecule has 0 unspecified atom stereocenters. The number of aromatic nitrogens is 1. The first-order chi connectivity index (χ1) is 14.7. The maximum Gasteiger partial charge on any atom is 0.196 e. The van der Waals surface area contributed by atoms with E-state index in [1.807, 2.05) is 30.3 Å². The number of hydrogen-bond acceptors (Lipinski definition) is 6. The predicted molar refractivity (Wildman–Crippen MR) is 118 cm³/mol. The first kappa shape index (κ1) is 18.0. The molecule has 0 bridgehead atoms. The molecule has 1 aliphatic heterocycles. The molecule has 2 aliphatic carbocycles. The van der Waals surface area contributed by atoms with Gasteiger partial charge in [0.2, 0.25) is 0 Å². The van der Waals surface area contributed by atoms with Crippen LogP contribution in [-0.4, -0.2) is 48.1 Å². The molecule has 0 atom stereocenters. The van der Waals surface area contributed by atoms with Gasteiger partial charge in [0.15, 0.2) is 11.5 Å². The van der Waals surface area contributed by atoms with Crippen molar-refractivity contribution in [2.45, 2.75) is 38.1 Å².